The van der Waals surface area contributed by atoms with E-state index in [1.165, 1.54) is 6.08 Å². The van der Waals surface area contributed by atoms with Gasteiger partial charge in [0.05, 0.1) is 4.92 Å². The van der Waals surface area contributed by atoms with Crippen molar-refractivity contribution in [3.05, 3.63) is 95.3 Å². The second kappa shape index (κ2) is 12.6. The highest BCUT2D eigenvalue weighted by molar-refractivity contribution is 5.20. The Hall–Kier alpha value is -2.42. The molecule has 0 unspecified atom stereocenters. The highest BCUT2D eigenvalue weighted by Gasteiger charge is 1.77. The smallest absolute Gasteiger partial charge is 0.234 e. The minimum Gasteiger partial charge on any atom is -0.259 e. The molecule has 0 saturated carbocycles. The van der Waals surface area contributed by atoms with Crippen LogP contribution in [-0.2, 0) is 0 Å². The molecule has 0 N–H and O–H groups in total. The summed E-state index contributed by atoms with van der Waals surface area (Å²) in [6.07, 6.45) is 24.7. The number of nitro groups is 1. The Labute approximate surface area is 108 Å². The molecule has 18 heavy (non-hydrogen) atoms. The van der Waals surface area contributed by atoms with Crippen LogP contribution in [0.5, 0.6) is 0 Å². The third-order valence-electron chi connectivity index (χ3n) is 1.62. The van der Waals surface area contributed by atoms with Gasteiger partial charge in [0.15, 0.2) is 0 Å². The van der Waals surface area contributed by atoms with Crippen molar-refractivity contribution in [2.24, 2.45) is 0 Å². The Morgan fingerprint density at radius 2 is 1.00 bits per heavy atom. The zero-order chi connectivity index (χ0) is 13.5. The van der Waals surface area contributed by atoms with E-state index in [-0.39, 0.29) is 0 Å². The SMILES string of the molecule is C/C=C/C=C\C=C/C=C\C=C/C=C\C=C\[N+](=O)[O-]. The van der Waals surface area contributed by atoms with Crippen molar-refractivity contribution in [3.63, 3.8) is 0 Å². The number of rotatable bonds is 7. The maximum atomic E-state index is 9.94. The van der Waals surface area contributed by atoms with Gasteiger partial charge in [0.2, 0.25) is 6.20 Å². The van der Waals surface area contributed by atoms with Crippen LogP contribution in [0.4, 0.5) is 0 Å². The largest absolute Gasteiger partial charge is 0.259 e. The van der Waals surface area contributed by atoms with Gasteiger partial charge in [0.25, 0.3) is 0 Å². The molecule has 0 fully saturated rings. The molecule has 3 heteroatoms. The topological polar surface area (TPSA) is 43.1 Å². The predicted octanol–water partition coefficient (Wildman–Crippen LogP) is 4.13. The first-order chi connectivity index (χ1) is 8.77. The van der Waals surface area contributed by atoms with Crippen LogP contribution in [-0.4, -0.2) is 4.92 Å². The molecule has 3 nitrogen and oxygen atoms in total. The lowest BCUT2D eigenvalue weighted by molar-refractivity contribution is -0.402. The van der Waals surface area contributed by atoms with E-state index >= 15 is 0 Å². The predicted molar refractivity (Wildman–Crippen MR) is 76.6 cm³/mol. The summed E-state index contributed by atoms with van der Waals surface area (Å²) in [6.45, 7) is 1.97. The third-order valence-corrected chi connectivity index (χ3v) is 1.62. The number of hydrogen-bond donors (Lipinski definition) is 0. The fraction of sp³-hybridized carbons (Fsp3) is 0.0667. The van der Waals surface area contributed by atoms with E-state index in [1.807, 2.05) is 61.6 Å². The summed E-state index contributed by atoms with van der Waals surface area (Å²) < 4.78 is 0. The molecule has 0 heterocycles. The summed E-state index contributed by atoms with van der Waals surface area (Å²) in [5.41, 5.74) is 0. The maximum absolute atomic E-state index is 9.94. The van der Waals surface area contributed by atoms with Crippen LogP contribution >= 0.6 is 0 Å². The van der Waals surface area contributed by atoms with Crippen LogP contribution < -0.4 is 0 Å². The number of nitrogens with zero attached hydrogens (tertiary/aromatic N) is 1. The Morgan fingerprint density at radius 1 is 0.667 bits per heavy atom. The van der Waals surface area contributed by atoms with E-state index in [4.69, 9.17) is 0 Å². The van der Waals surface area contributed by atoms with Crippen LogP contribution in [0, 0.1) is 10.1 Å². The van der Waals surface area contributed by atoms with E-state index in [0.29, 0.717) is 0 Å². The Morgan fingerprint density at radius 3 is 1.33 bits per heavy atom. The molecule has 0 aliphatic carbocycles. The molecule has 0 aliphatic heterocycles. The van der Waals surface area contributed by atoms with Crippen LogP contribution in [0.25, 0.3) is 0 Å². The van der Waals surface area contributed by atoms with Gasteiger partial charge < -0.3 is 0 Å². The average molecular weight is 243 g/mol. The van der Waals surface area contributed by atoms with Crippen molar-refractivity contribution in [3.8, 4) is 0 Å². The normalized spacial score (nSPS) is 13.8. The molecular formula is C15H17NO2. The van der Waals surface area contributed by atoms with E-state index in [9.17, 15) is 10.1 Å². The third kappa shape index (κ3) is 13.6. The van der Waals surface area contributed by atoms with Gasteiger partial charge in [-0.1, -0.05) is 72.9 Å². The summed E-state index contributed by atoms with van der Waals surface area (Å²) in [4.78, 5) is 9.44. The van der Waals surface area contributed by atoms with Crippen molar-refractivity contribution >= 4 is 0 Å². The van der Waals surface area contributed by atoms with Crippen molar-refractivity contribution in [2.75, 3.05) is 0 Å². The summed E-state index contributed by atoms with van der Waals surface area (Å²) in [6, 6.07) is 0. The minimum atomic E-state index is -0.500. The standard InChI is InChI=1S/C15H17NO2/c1-2-3-4-5-6-7-8-9-10-11-12-13-14-15-16(17)18/h2-15H,1H3/b3-2+,5-4-,7-6-,9-8-,11-10-,13-12-,15-14+. The van der Waals surface area contributed by atoms with E-state index in [0.717, 1.165) is 6.20 Å². The zero-order valence-electron chi connectivity index (χ0n) is 10.3. The van der Waals surface area contributed by atoms with Gasteiger partial charge in [-0.15, -0.1) is 0 Å². The maximum Gasteiger partial charge on any atom is 0.234 e. The first-order valence-electron chi connectivity index (χ1n) is 5.53. The number of allylic oxidation sites excluding steroid dienone is 13. The second-order valence-corrected chi connectivity index (χ2v) is 3.08. The molecule has 0 saturated heterocycles. The lowest BCUT2D eigenvalue weighted by atomic mass is 10.3. The van der Waals surface area contributed by atoms with Gasteiger partial charge in [-0.2, -0.15) is 0 Å². The monoisotopic (exact) mass is 243 g/mol. The molecule has 0 rings (SSSR count). The molecule has 0 aromatic carbocycles. The van der Waals surface area contributed by atoms with Crippen molar-refractivity contribution in [2.45, 2.75) is 6.92 Å². The number of hydrogen-bond acceptors (Lipinski definition) is 2. The fourth-order valence-corrected chi connectivity index (χ4v) is 0.873. The van der Waals surface area contributed by atoms with Gasteiger partial charge in [-0.3, -0.25) is 10.1 Å². The molecule has 0 amide bonds. The van der Waals surface area contributed by atoms with Gasteiger partial charge in [0, 0.05) is 6.08 Å². The molecule has 0 radical (unpaired) electrons. The van der Waals surface area contributed by atoms with Gasteiger partial charge >= 0.3 is 0 Å². The van der Waals surface area contributed by atoms with Crippen molar-refractivity contribution in [1.29, 1.82) is 0 Å². The molecule has 94 valence electrons. The van der Waals surface area contributed by atoms with Crippen LogP contribution in [0.15, 0.2) is 85.2 Å². The minimum absolute atomic E-state index is 0.500. The van der Waals surface area contributed by atoms with Crippen LogP contribution in [0.3, 0.4) is 0 Å². The first-order valence-corrected chi connectivity index (χ1v) is 5.53. The summed E-state index contributed by atoms with van der Waals surface area (Å²) in [5.74, 6) is 0. The molecule has 0 aliphatic rings. The zero-order valence-corrected chi connectivity index (χ0v) is 10.3. The Kier molecular flexibility index (Phi) is 10.9. The molecular weight excluding hydrogens is 226 g/mol. The second-order valence-electron chi connectivity index (χ2n) is 3.08. The summed E-state index contributed by atoms with van der Waals surface area (Å²) >= 11 is 0. The lowest BCUT2D eigenvalue weighted by Crippen LogP contribution is -1.80. The molecule has 0 bridgehead atoms. The van der Waals surface area contributed by atoms with Gasteiger partial charge in [0.1, 0.15) is 0 Å². The Bertz CT molecular complexity index is 422. The molecule has 0 aromatic heterocycles. The Balaban J connectivity index is 3.85. The summed E-state index contributed by atoms with van der Waals surface area (Å²) in [5, 5.41) is 9.94. The van der Waals surface area contributed by atoms with Crippen LogP contribution in [0.2, 0.25) is 0 Å². The van der Waals surface area contributed by atoms with Crippen molar-refractivity contribution < 1.29 is 4.92 Å². The highest BCUT2D eigenvalue weighted by atomic mass is 16.6. The highest BCUT2D eigenvalue weighted by Crippen LogP contribution is 1.85. The first kappa shape index (κ1) is 15.6. The quantitative estimate of drug-likeness (QED) is 0.383. The van der Waals surface area contributed by atoms with Crippen molar-refractivity contribution in [1.82, 2.24) is 0 Å². The average Bonchev–Trinajstić information content (AvgIpc) is 2.34. The fourth-order valence-electron chi connectivity index (χ4n) is 0.873. The van der Waals surface area contributed by atoms with Crippen LogP contribution in [0.1, 0.15) is 6.92 Å². The molecule has 0 aromatic rings. The lowest BCUT2D eigenvalue weighted by Gasteiger charge is -1.75. The molecule has 0 spiro atoms. The van der Waals surface area contributed by atoms with E-state index < -0.39 is 4.92 Å². The van der Waals surface area contributed by atoms with E-state index in [2.05, 4.69) is 0 Å². The van der Waals surface area contributed by atoms with E-state index in [1.54, 1.807) is 18.2 Å². The summed E-state index contributed by atoms with van der Waals surface area (Å²) in [7, 11) is 0. The molecule has 0 atom stereocenters. The van der Waals surface area contributed by atoms with Gasteiger partial charge in [-0.25, -0.2) is 0 Å². The van der Waals surface area contributed by atoms with Gasteiger partial charge in [-0.05, 0) is 6.92 Å².